The molecule has 1 aromatic carbocycles. The molecule has 10 nitrogen and oxygen atoms in total. The minimum atomic E-state index is -3.85. The van der Waals surface area contributed by atoms with Crippen molar-refractivity contribution < 1.29 is 22.7 Å². The van der Waals surface area contributed by atoms with Crippen molar-refractivity contribution in [3.63, 3.8) is 0 Å². The second-order valence-electron chi connectivity index (χ2n) is 8.88. The molecule has 1 fully saturated rings. The molecule has 0 unspecified atom stereocenters. The smallest absolute Gasteiger partial charge is 0.407 e. The number of anilines is 2. The molecule has 0 saturated carbocycles. The van der Waals surface area contributed by atoms with Gasteiger partial charge in [-0.15, -0.1) is 0 Å². The van der Waals surface area contributed by atoms with E-state index in [2.05, 4.69) is 25.2 Å². The summed E-state index contributed by atoms with van der Waals surface area (Å²) in [6, 6.07) is 9.38. The molecule has 1 aliphatic heterocycles. The minimum Gasteiger partial charge on any atom is -0.444 e. The van der Waals surface area contributed by atoms with E-state index < -0.39 is 21.7 Å². The first kappa shape index (κ1) is 25.4. The summed E-state index contributed by atoms with van der Waals surface area (Å²) in [5.41, 5.74) is 0.138. The summed E-state index contributed by atoms with van der Waals surface area (Å²) >= 11 is 0. The summed E-state index contributed by atoms with van der Waals surface area (Å²) in [4.78, 5) is 31.0. The highest BCUT2D eigenvalue weighted by molar-refractivity contribution is 7.89. The Morgan fingerprint density at radius 2 is 1.82 bits per heavy atom. The first-order valence-corrected chi connectivity index (χ1v) is 12.6. The van der Waals surface area contributed by atoms with Crippen molar-refractivity contribution in [2.45, 2.75) is 44.1 Å². The van der Waals surface area contributed by atoms with E-state index in [1.165, 1.54) is 12.1 Å². The normalized spacial score (nSPS) is 14.0. The maximum absolute atomic E-state index is 12.9. The van der Waals surface area contributed by atoms with E-state index in [1.54, 1.807) is 51.2 Å². The molecule has 2 aromatic rings. The van der Waals surface area contributed by atoms with Gasteiger partial charge in [0.15, 0.2) is 0 Å². The lowest BCUT2D eigenvalue weighted by Crippen LogP contribution is -2.37. The number of nitrogens with one attached hydrogen (secondary N) is 3. The van der Waals surface area contributed by atoms with Gasteiger partial charge in [-0.05, 0) is 63.9 Å². The van der Waals surface area contributed by atoms with Gasteiger partial charge in [-0.25, -0.2) is 22.9 Å². The van der Waals surface area contributed by atoms with Crippen LogP contribution in [0.3, 0.4) is 0 Å². The van der Waals surface area contributed by atoms with Gasteiger partial charge in [-0.1, -0.05) is 6.07 Å². The van der Waals surface area contributed by atoms with Crippen molar-refractivity contribution in [2.75, 3.05) is 36.4 Å². The third kappa shape index (κ3) is 7.16. The maximum Gasteiger partial charge on any atom is 0.407 e. The Morgan fingerprint density at radius 1 is 1.09 bits per heavy atom. The van der Waals surface area contributed by atoms with Crippen LogP contribution in [0, 0.1) is 0 Å². The summed E-state index contributed by atoms with van der Waals surface area (Å²) in [7, 11) is -3.85. The van der Waals surface area contributed by atoms with Crippen LogP contribution in [0.2, 0.25) is 0 Å². The fourth-order valence-corrected chi connectivity index (χ4v) is 4.52. The highest BCUT2D eigenvalue weighted by Gasteiger charge is 2.21. The zero-order valence-electron chi connectivity index (χ0n) is 19.6. The average molecular weight is 490 g/mol. The number of pyridine rings is 1. The Bertz CT molecular complexity index is 1120. The molecular weight excluding hydrogens is 458 g/mol. The van der Waals surface area contributed by atoms with E-state index in [1.807, 2.05) is 0 Å². The van der Waals surface area contributed by atoms with E-state index in [0.29, 0.717) is 17.1 Å². The van der Waals surface area contributed by atoms with Crippen LogP contribution in [0.5, 0.6) is 0 Å². The number of nitrogens with zero attached hydrogens (tertiary/aromatic N) is 2. The fraction of sp³-hybridized carbons (Fsp3) is 0.435. The molecule has 0 spiro atoms. The molecule has 11 heteroatoms. The highest BCUT2D eigenvalue weighted by atomic mass is 32.2. The third-order valence-corrected chi connectivity index (χ3v) is 6.38. The van der Waals surface area contributed by atoms with Gasteiger partial charge in [-0.3, -0.25) is 4.79 Å². The molecule has 2 heterocycles. The van der Waals surface area contributed by atoms with Crippen LogP contribution in [0.4, 0.5) is 16.3 Å². The van der Waals surface area contributed by atoms with Crippen LogP contribution in [-0.4, -0.2) is 57.2 Å². The fourth-order valence-electron chi connectivity index (χ4n) is 3.44. The summed E-state index contributed by atoms with van der Waals surface area (Å²) in [5.74, 6) is 0.263. The SMILES string of the molecule is CC(C)(C)OC(=O)NCCNS(=O)(=O)c1cccc(NC(=O)c2cccnc2N2CCCC2)c1. The molecule has 0 aliphatic carbocycles. The van der Waals surface area contributed by atoms with Crippen molar-refractivity contribution in [3.8, 4) is 0 Å². The number of rotatable bonds is 8. The van der Waals surface area contributed by atoms with Gasteiger partial charge < -0.3 is 20.3 Å². The number of alkyl carbamates (subject to hydrolysis) is 1. The zero-order valence-corrected chi connectivity index (χ0v) is 20.4. The van der Waals surface area contributed by atoms with E-state index in [9.17, 15) is 18.0 Å². The number of hydrogen-bond acceptors (Lipinski definition) is 7. The second-order valence-corrected chi connectivity index (χ2v) is 10.6. The van der Waals surface area contributed by atoms with Crippen LogP contribution in [0.1, 0.15) is 44.0 Å². The Morgan fingerprint density at radius 3 is 2.53 bits per heavy atom. The third-order valence-electron chi connectivity index (χ3n) is 4.92. The molecule has 0 atom stereocenters. The van der Waals surface area contributed by atoms with Gasteiger partial charge in [0.05, 0.1) is 10.5 Å². The van der Waals surface area contributed by atoms with Crippen LogP contribution in [0.15, 0.2) is 47.5 Å². The Balaban J connectivity index is 1.61. The standard InChI is InChI=1S/C23H31N5O5S/c1-23(2,3)33-22(30)25-12-13-26-34(31,32)18-9-6-8-17(16-18)27-21(29)19-10-7-11-24-20(19)28-14-4-5-15-28/h6-11,16,26H,4-5,12-15H2,1-3H3,(H,25,30)(H,27,29). The molecule has 0 radical (unpaired) electrons. The number of carbonyl (C=O) groups excluding carboxylic acids is 2. The van der Waals surface area contributed by atoms with Crippen molar-refractivity contribution in [3.05, 3.63) is 48.2 Å². The molecule has 184 valence electrons. The molecule has 1 aliphatic rings. The van der Waals surface area contributed by atoms with Crippen molar-refractivity contribution in [1.82, 2.24) is 15.0 Å². The predicted octanol–water partition coefficient (Wildman–Crippen LogP) is 2.74. The van der Waals surface area contributed by atoms with Crippen molar-refractivity contribution >= 4 is 33.5 Å². The van der Waals surface area contributed by atoms with Crippen molar-refractivity contribution in [1.29, 1.82) is 0 Å². The number of benzene rings is 1. The molecular formula is C23H31N5O5S. The predicted molar refractivity (Wildman–Crippen MR) is 130 cm³/mol. The lowest BCUT2D eigenvalue weighted by Gasteiger charge is -2.19. The topological polar surface area (TPSA) is 130 Å². The molecule has 34 heavy (non-hydrogen) atoms. The summed E-state index contributed by atoms with van der Waals surface area (Å²) in [6.07, 6.45) is 3.14. The summed E-state index contributed by atoms with van der Waals surface area (Å²) < 4.78 is 32.8. The Hall–Kier alpha value is -3.18. The van der Waals surface area contributed by atoms with Gasteiger partial charge in [0.2, 0.25) is 10.0 Å². The molecule has 3 N–H and O–H groups in total. The van der Waals surface area contributed by atoms with Crippen LogP contribution in [-0.2, 0) is 14.8 Å². The van der Waals surface area contributed by atoms with Gasteiger partial charge in [0.25, 0.3) is 5.91 Å². The van der Waals surface area contributed by atoms with E-state index in [0.717, 1.165) is 25.9 Å². The zero-order chi connectivity index (χ0) is 24.8. The lowest BCUT2D eigenvalue weighted by molar-refractivity contribution is 0.0528. The summed E-state index contributed by atoms with van der Waals surface area (Å²) in [6.45, 7) is 6.95. The van der Waals surface area contributed by atoms with Gasteiger partial charge in [-0.2, -0.15) is 0 Å². The van der Waals surface area contributed by atoms with Gasteiger partial charge in [0, 0.05) is 38.1 Å². The number of hydrogen-bond donors (Lipinski definition) is 3. The van der Waals surface area contributed by atoms with Crippen molar-refractivity contribution in [2.24, 2.45) is 0 Å². The van der Waals surface area contributed by atoms with Crippen LogP contribution < -0.4 is 20.3 Å². The van der Waals surface area contributed by atoms with Crippen LogP contribution in [0.25, 0.3) is 0 Å². The largest absolute Gasteiger partial charge is 0.444 e. The first-order valence-electron chi connectivity index (χ1n) is 11.1. The Labute approximate surface area is 200 Å². The quantitative estimate of drug-likeness (QED) is 0.486. The Kier molecular flexibility index (Phi) is 8.11. The highest BCUT2D eigenvalue weighted by Crippen LogP contribution is 2.23. The lowest BCUT2D eigenvalue weighted by atomic mass is 10.2. The minimum absolute atomic E-state index is 0.00600. The monoisotopic (exact) mass is 489 g/mol. The van der Waals surface area contributed by atoms with Gasteiger partial charge in [0.1, 0.15) is 11.4 Å². The molecule has 0 bridgehead atoms. The van der Waals surface area contributed by atoms with E-state index >= 15 is 0 Å². The number of sulfonamides is 1. The average Bonchev–Trinajstić information content (AvgIpc) is 3.31. The molecule has 1 saturated heterocycles. The number of aromatic nitrogens is 1. The number of amides is 2. The van der Waals surface area contributed by atoms with Gasteiger partial charge >= 0.3 is 6.09 Å². The summed E-state index contributed by atoms with van der Waals surface area (Å²) in [5, 5.41) is 5.26. The number of ether oxygens (including phenoxy) is 1. The first-order chi connectivity index (χ1) is 16.0. The maximum atomic E-state index is 12.9. The van der Waals surface area contributed by atoms with E-state index in [4.69, 9.17) is 4.74 Å². The van der Waals surface area contributed by atoms with E-state index in [-0.39, 0.29) is 23.9 Å². The molecule has 2 amide bonds. The molecule has 3 rings (SSSR count). The molecule has 1 aromatic heterocycles. The number of carbonyl (C=O) groups is 2. The van der Waals surface area contributed by atoms with Crippen LogP contribution >= 0.6 is 0 Å². The second kappa shape index (κ2) is 10.8.